The zero-order chi connectivity index (χ0) is 20.4. The van der Waals surface area contributed by atoms with Crippen LogP contribution in [0.5, 0.6) is 11.5 Å². The molecule has 2 heterocycles. The molecule has 0 radical (unpaired) electrons. The van der Waals surface area contributed by atoms with Crippen molar-refractivity contribution in [1.29, 1.82) is 0 Å². The van der Waals surface area contributed by atoms with Gasteiger partial charge in [0, 0.05) is 18.8 Å². The van der Waals surface area contributed by atoms with Crippen LogP contribution in [0.15, 0.2) is 42.5 Å². The van der Waals surface area contributed by atoms with E-state index in [1.54, 1.807) is 0 Å². The van der Waals surface area contributed by atoms with Gasteiger partial charge in [-0.15, -0.1) is 13.2 Å². The molecular weight excluding hydrogens is 385 g/mol. The Kier molecular flexibility index (Phi) is 5.12. The number of nitrogens with two attached hydrogens (primary N) is 1. The molecule has 1 saturated heterocycles. The Morgan fingerprint density at radius 1 is 1.00 bits per heavy atom. The molecule has 0 unspecified atom stereocenters. The van der Waals surface area contributed by atoms with Gasteiger partial charge in [-0.2, -0.15) is 0 Å². The molecule has 0 atom stereocenters. The van der Waals surface area contributed by atoms with Gasteiger partial charge < -0.3 is 24.7 Å². The Hall–Kier alpha value is -3.10. The smallest absolute Gasteiger partial charge is 0.492 e. The summed E-state index contributed by atoms with van der Waals surface area (Å²) in [5.74, 6) is 1.08. The van der Waals surface area contributed by atoms with Crippen LogP contribution >= 0.6 is 0 Å². The van der Waals surface area contributed by atoms with Crippen molar-refractivity contribution in [2.75, 3.05) is 30.3 Å². The Morgan fingerprint density at radius 2 is 1.69 bits per heavy atom. The summed E-state index contributed by atoms with van der Waals surface area (Å²) in [6.45, 7) is 2.81. The molecule has 1 aliphatic rings. The van der Waals surface area contributed by atoms with Gasteiger partial charge in [0.2, 0.25) is 5.95 Å². The van der Waals surface area contributed by atoms with Crippen LogP contribution in [-0.4, -0.2) is 35.6 Å². The van der Waals surface area contributed by atoms with Crippen molar-refractivity contribution in [3.05, 3.63) is 42.5 Å². The summed E-state index contributed by atoms with van der Waals surface area (Å²) in [5, 5.41) is 0. The van der Waals surface area contributed by atoms with Gasteiger partial charge >= 0.3 is 6.36 Å². The predicted molar refractivity (Wildman–Crippen MR) is 104 cm³/mol. The molecule has 1 fully saturated rings. The molecule has 2 aromatic carbocycles. The Morgan fingerprint density at radius 3 is 2.38 bits per heavy atom. The summed E-state index contributed by atoms with van der Waals surface area (Å²) in [4.78, 5) is 7.01. The first-order valence-electron chi connectivity index (χ1n) is 9.38. The maximum absolute atomic E-state index is 12.2. The number of ether oxygens (including phenoxy) is 2. The fourth-order valence-electron chi connectivity index (χ4n) is 3.51. The number of rotatable bonds is 6. The second-order valence-corrected chi connectivity index (χ2v) is 6.87. The lowest BCUT2D eigenvalue weighted by molar-refractivity contribution is -0.274. The maximum Gasteiger partial charge on any atom is 0.573 e. The highest BCUT2D eigenvalue weighted by Crippen LogP contribution is 2.28. The molecule has 1 aliphatic heterocycles. The third kappa shape index (κ3) is 4.49. The highest BCUT2D eigenvalue weighted by Gasteiger charge is 2.31. The number of nitrogens with zero attached hydrogens (tertiary/aromatic N) is 3. The molecule has 0 spiro atoms. The average molecular weight is 406 g/mol. The molecule has 1 aromatic heterocycles. The molecule has 0 bridgehead atoms. The molecule has 0 saturated carbocycles. The van der Waals surface area contributed by atoms with Crippen molar-refractivity contribution in [3.8, 4) is 11.5 Å². The molecule has 154 valence electrons. The van der Waals surface area contributed by atoms with Gasteiger partial charge in [-0.1, -0.05) is 0 Å². The zero-order valence-corrected chi connectivity index (χ0v) is 15.7. The third-order valence-electron chi connectivity index (χ3n) is 4.78. The summed E-state index contributed by atoms with van der Waals surface area (Å²) < 4.78 is 48.4. The Bertz CT molecular complexity index is 980. The number of nitrogen functional groups attached to an aromatic ring is 1. The van der Waals surface area contributed by atoms with Crippen molar-refractivity contribution in [2.24, 2.45) is 0 Å². The van der Waals surface area contributed by atoms with E-state index >= 15 is 0 Å². The van der Waals surface area contributed by atoms with Gasteiger partial charge in [-0.25, -0.2) is 4.98 Å². The molecular formula is C20H21F3N4O2. The molecule has 29 heavy (non-hydrogen) atoms. The van der Waals surface area contributed by atoms with E-state index in [1.807, 2.05) is 18.2 Å². The van der Waals surface area contributed by atoms with Gasteiger partial charge in [-0.3, -0.25) is 0 Å². The summed E-state index contributed by atoms with van der Waals surface area (Å²) in [7, 11) is 0. The molecule has 6 nitrogen and oxygen atoms in total. The molecule has 2 N–H and O–H groups in total. The lowest BCUT2D eigenvalue weighted by Gasteiger charge is -2.19. The minimum absolute atomic E-state index is 0.278. The van der Waals surface area contributed by atoms with E-state index in [9.17, 15) is 13.2 Å². The van der Waals surface area contributed by atoms with Crippen molar-refractivity contribution in [2.45, 2.75) is 25.7 Å². The summed E-state index contributed by atoms with van der Waals surface area (Å²) in [5.41, 5.74) is 8.36. The molecule has 4 rings (SSSR count). The standard InChI is InChI=1S/C20H21F3N4O2/c21-20(22,23)29-16-6-4-15(5-7-16)28-12-11-27-18-8-3-14(24)13-17(18)25-19(27)26-9-1-2-10-26/h3-8,13H,1-2,9-12,24H2. The van der Waals surface area contributed by atoms with Crippen LogP contribution in [0.1, 0.15) is 12.8 Å². The van der Waals surface area contributed by atoms with Gasteiger partial charge in [0.05, 0.1) is 17.6 Å². The molecule has 9 heteroatoms. The topological polar surface area (TPSA) is 65.5 Å². The number of benzene rings is 2. The number of imidazole rings is 1. The second-order valence-electron chi connectivity index (χ2n) is 6.87. The van der Waals surface area contributed by atoms with E-state index in [-0.39, 0.29) is 5.75 Å². The largest absolute Gasteiger partial charge is 0.573 e. The summed E-state index contributed by atoms with van der Waals surface area (Å²) >= 11 is 0. The number of hydrogen-bond donors (Lipinski definition) is 1. The van der Waals surface area contributed by atoms with Gasteiger partial charge in [0.15, 0.2) is 0 Å². The number of hydrogen-bond acceptors (Lipinski definition) is 5. The molecule has 3 aromatic rings. The van der Waals surface area contributed by atoms with Crippen LogP contribution in [-0.2, 0) is 6.54 Å². The fourth-order valence-corrected chi connectivity index (χ4v) is 3.51. The highest BCUT2D eigenvalue weighted by atomic mass is 19.4. The van der Waals surface area contributed by atoms with Crippen LogP contribution in [0, 0.1) is 0 Å². The number of anilines is 2. The first kappa shape index (κ1) is 19.2. The quantitative estimate of drug-likeness (QED) is 0.622. The average Bonchev–Trinajstić information content (AvgIpc) is 3.29. The van der Waals surface area contributed by atoms with E-state index in [2.05, 4.69) is 14.2 Å². The van der Waals surface area contributed by atoms with Crippen molar-refractivity contribution < 1.29 is 22.6 Å². The van der Waals surface area contributed by atoms with Crippen LogP contribution in [0.2, 0.25) is 0 Å². The van der Waals surface area contributed by atoms with Crippen LogP contribution in [0.3, 0.4) is 0 Å². The van der Waals surface area contributed by atoms with Crippen molar-refractivity contribution >= 4 is 22.7 Å². The SMILES string of the molecule is Nc1ccc2c(c1)nc(N1CCCC1)n2CCOc1ccc(OC(F)(F)F)cc1. The third-order valence-corrected chi connectivity index (χ3v) is 4.78. The number of aromatic nitrogens is 2. The van der Waals surface area contributed by atoms with E-state index in [0.29, 0.717) is 24.6 Å². The van der Waals surface area contributed by atoms with E-state index in [4.69, 9.17) is 15.5 Å². The Balaban J connectivity index is 1.47. The van der Waals surface area contributed by atoms with Crippen LogP contribution in [0.4, 0.5) is 24.8 Å². The van der Waals surface area contributed by atoms with Gasteiger partial charge in [-0.05, 0) is 55.3 Å². The van der Waals surface area contributed by atoms with Gasteiger partial charge in [0.25, 0.3) is 0 Å². The van der Waals surface area contributed by atoms with Crippen LogP contribution < -0.4 is 20.1 Å². The van der Waals surface area contributed by atoms with Crippen molar-refractivity contribution in [1.82, 2.24) is 9.55 Å². The first-order valence-corrected chi connectivity index (χ1v) is 9.38. The second kappa shape index (κ2) is 7.73. The minimum Gasteiger partial charge on any atom is -0.492 e. The predicted octanol–water partition coefficient (Wildman–Crippen LogP) is 4.20. The number of halogens is 3. The van der Waals surface area contributed by atoms with E-state index in [0.717, 1.165) is 42.9 Å². The highest BCUT2D eigenvalue weighted by molar-refractivity contribution is 5.82. The number of fused-ring (bicyclic) bond motifs is 1. The zero-order valence-electron chi connectivity index (χ0n) is 15.7. The lowest BCUT2D eigenvalue weighted by Crippen LogP contribution is -2.23. The van der Waals surface area contributed by atoms with Crippen LogP contribution in [0.25, 0.3) is 11.0 Å². The normalized spacial score (nSPS) is 14.5. The Labute approximate surface area is 165 Å². The minimum atomic E-state index is -4.71. The maximum atomic E-state index is 12.2. The molecule has 0 amide bonds. The monoisotopic (exact) mass is 406 g/mol. The van der Waals surface area contributed by atoms with Crippen molar-refractivity contribution in [3.63, 3.8) is 0 Å². The van der Waals surface area contributed by atoms with E-state index in [1.165, 1.54) is 24.3 Å². The number of alkyl halides is 3. The van der Waals surface area contributed by atoms with E-state index < -0.39 is 6.36 Å². The summed E-state index contributed by atoms with van der Waals surface area (Å²) in [6, 6.07) is 11.0. The lowest BCUT2D eigenvalue weighted by atomic mass is 10.3. The fraction of sp³-hybridized carbons (Fsp3) is 0.350. The first-order chi connectivity index (χ1) is 13.9. The summed E-state index contributed by atoms with van der Waals surface area (Å²) in [6.07, 6.45) is -2.44. The molecule has 0 aliphatic carbocycles. The van der Waals surface area contributed by atoms with Gasteiger partial charge in [0.1, 0.15) is 18.1 Å².